The van der Waals surface area contributed by atoms with Crippen molar-refractivity contribution in [2.24, 2.45) is 0 Å². The Hall–Kier alpha value is -3.51. The number of hydrogen-bond donors (Lipinski definition) is 1. The Balaban J connectivity index is 1.41. The van der Waals surface area contributed by atoms with Crippen LogP contribution in [0.25, 0.3) is 17.1 Å². The Bertz CT molecular complexity index is 1190. The topological polar surface area (TPSA) is 128 Å². The van der Waals surface area contributed by atoms with Crippen LogP contribution in [-0.2, 0) is 16.1 Å². The van der Waals surface area contributed by atoms with E-state index in [1.807, 2.05) is 0 Å². The van der Waals surface area contributed by atoms with E-state index in [9.17, 15) is 14.9 Å². The van der Waals surface area contributed by atoms with Gasteiger partial charge in [-0.1, -0.05) is 18.7 Å². The summed E-state index contributed by atoms with van der Waals surface area (Å²) in [6, 6.07) is 5.99. The summed E-state index contributed by atoms with van der Waals surface area (Å²) < 4.78 is 7.25. The number of morpholine rings is 1. The molecule has 1 aromatic carbocycles. The Morgan fingerprint density at radius 2 is 2.03 bits per heavy atom. The van der Waals surface area contributed by atoms with Crippen LogP contribution in [0.15, 0.2) is 41.7 Å². The normalized spacial score (nSPS) is 14.1. The largest absolute Gasteiger partial charge is 0.378 e. The van der Waals surface area contributed by atoms with Gasteiger partial charge in [0.15, 0.2) is 10.8 Å². The number of fused-ring (bicyclic) bond motifs is 1. The van der Waals surface area contributed by atoms with Crippen LogP contribution < -0.4 is 10.2 Å². The first-order valence-corrected chi connectivity index (χ1v) is 11.9. The molecule has 1 N–H and O–H groups in total. The van der Waals surface area contributed by atoms with Crippen molar-refractivity contribution in [1.82, 2.24) is 25.1 Å². The summed E-state index contributed by atoms with van der Waals surface area (Å²) in [5.74, 6) is 1.46. The Morgan fingerprint density at radius 3 is 2.74 bits per heavy atom. The van der Waals surface area contributed by atoms with Crippen molar-refractivity contribution < 1.29 is 14.5 Å². The lowest BCUT2D eigenvalue weighted by molar-refractivity contribution is -0.384. The minimum absolute atomic E-state index is 0.00846. The smallest absolute Gasteiger partial charge is 0.269 e. The molecule has 1 aliphatic heterocycles. The molecule has 12 heteroatoms. The van der Waals surface area contributed by atoms with Gasteiger partial charge in [-0.25, -0.2) is 14.6 Å². The zero-order valence-corrected chi connectivity index (χ0v) is 19.5. The monoisotopic (exact) mass is 483 g/mol. The second-order valence-corrected chi connectivity index (χ2v) is 8.67. The number of non-ortho nitro benzene ring substituents is 1. The van der Waals surface area contributed by atoms with Crippen LogP contribution in [0.4, 0.5) is 11.5 Å². The van der Waals surface area contributed by atoms with E-state index in [1.165, 1.54) is 18.2 Å². The number of nitro groups is 1. The highest BCUT2D eigenvalue weighted by molar-refractivity contribution is 7.99. The van der Waals surface area contributed by atoms with Gasteiger partial charge in [0.2, 0.25) is 5.91 Å². The molecular weight excluding hydrogens is 458 g/mol. The summed E-state index contributed by atoms with van der Waals surface area (Å²) in [4.78, 5) is 34.1. The van der Waals surface area contributed by atoms with Crippen LogP contribution in [0.5, 0.6) is 0 Å². The van der Waals surface area contributed by atoms with E-state index in [0.29, 0.717) is 37.0 Å². The maximum atomic E-state index is 12.2. The van der Waals surface area contributed by atoms with E-state index < -0.39 is 4.92 Å². The molecule has 1 fully saturated rings. The first-order valence-electron chi connectivity index (χ1n) is 10.9. The minimum atomic E-state index is -0.460. The van der Waals surface area contributed by atoms with Crippen molar-refractivity contribution in [2.75, 3.05) is 43.5 Å². The molecule has 1 saturated heterocycles. The fraction of sp³-hybridized carbons (Fsp3) is 0.364. The van der Waals surface area contributed by atoms with E-state index in [2.05, 4.69) is 22.2 Å². The molecular formula is C22H25N7O4S. The number of thioether (sulfide) groups is 1. The lowest BCUT2D eigenvalue weighted by Gasteiger charge is -2.28. The van der Waals surface area contributed by atoms with Gasteiger partial charge in [-0.15, -0.1) is 0 Å². The lowest BCUT2D eigenvalue weighted by Crippen LogP contribution is -2.37. The number of hydrogen-bond acceptors (Lipinski definition) is 9. The van der Waals surface area contributed by atoms with Crippen LogP contribution >= 0.6 is 11.8 Å². The number of rotatable bonds is 9. The van der Waals surface area contributed by atoms with Crippen molar-refractivity contribution in [1.29, 1.82) is 0 Å². The van der Waals surface area contributed by atoms with Crippen molar-refractivity contribution in [3.05, 3.63) is 52.2 Å². The molecule has 4 rings (SSSR count). The molecule has 11 nitrogen and oxygen atoms in total. The minimum Gasteiger partial charge on any atom is -0.378 e. The molecule has 0 unspecified atom stereocenters. The number of aromatic nitrogens is 4. The summed E-state index contributed by atoms with van der Waals surface area (Å²) in [5.41, 5.74) is 1.45. The highest BCUT2D eigenvalue weighted by atomic mass is 32.2. The van der Waals surface area contributed by atoms with Crippen LogP contribution in [0.3, 0.4) is 0 Å². The number of benzene rings is 1. The van der Waals surface area contributed by atoms with Crippen LogP contribution in [0.1, 0.15) is 12.5 Å². The van der Waals surface area contributed by atoms with Gasteiger partial charge in [-0.3, -0.25) is 14.9 Å². The average Bonchev–Trinajstić information content (AvgIpc) is 3.26. The van der Waals surface area contributed by atoms with Gasteiger partial charge in [0.1, 0.15) is 5.82 Å². The predicted octanol–water partition coefficient (Wildman–Crippen LogP) is 2.51. The third-order valence-corrected chi connectivity index (χ3v) is 5.92. The van der Waals surface area contributed by atoms with Crippen molar-refractivity contribution in [2.45, 2.75) is 18.6 Å². The molecule has 0 spiro atoms. The number of anilines is 1. The van der Waals surface area contributed by atoms with Gasteiger partial charge < -0.3 is 15.0 Å². The number of nitrogens with zero attached hydrogens (tertiary/aromatic N) is 6. The Kier molecular flexibility index (Phi) is 7.70. The molecule has 0 radical (unpaired) electrons. The van der Waals surface area contributed by atoms with Gasteiger partial charge >= 0.3 is 0 Å². The summed E-state index contributed by atoms with van der Waals surface area (Å²) in [5, 5.41) is 19.6. The molecule has 0 aliphatic carbocycles. The van der Waals surface area contributed by atoms with Gasteiger partial charge in [-0.2, -0.15) is 5.10 Å². The molecule has 1 amide bonds. The maximum Gasteiger partial charge on any atom is 0.269 e. The molecule has 178 valence electrons. The first kappa shape index (κ1) is 23.6. The van der Waals surface area contributed by atoms with E-state index >= 15 is 0 Å². The second kappa shape index (κ2) is 11.1. The number of ether oxygens (including phenoxy) is 1. The number of amides is 1. The van der Waals surface area contributed by atoms with Gasteiger partial charge in [-0.05, 0) is 29.5 Å². The predicted molar refractivity (Wildman–Crippen MR) is 130 cm³/mol. The highest BCUT2D eigenvalue weighted by Gasteiger charge is 2.20. The molecule has 3 aromatic rings. The van der Waals surface area contributed by atoms with Gasteiger partial charge in [0.25, 0.3) is 5.69 Å². The fourth-order valence-corrected chi connectivity index (χ4v) is 4.08. The second-order valence-electron chi connectivity index (χ2n) is 7.44. The van der Waals surface area contributed by atoms with E-state index in [4.69, 9.17) is 14.7 Å². The van der Waals surface area contributed by atoms with E-state index in [1.54, 1.807) is 40.8 Å². The fourth-order valence-electron chi connectivity index (χ4n) is 3.52. The summed E-state index contributed by atoms with van der Waals surface area (Å²) in [6.45, 7) is 5.74. The van der Waals surface area contributed by atoms with Crippen LogP contribution in [0.2, 0.25) is 0 Å². The first-order chi connectivity index (χ1) is 16.5. The summed E-state index contributed by atoms with van der Waals surface area (Å²) in [6.07, 6.45) is 4.78. The average molecular weight is 484 g/mol. The molecule has 3 heterocycles. The number of nitrogens with one attached hydrogen (secondary N) is 1. The van der Waals surface area contributed by atoms with Gasteiger partial charge in [0.05, 0.1) is 36.3 Å². The molecule has 2 aromatic heterocycles. The lowest BCUT2D eigenvalue weighted by atomic mass is 10.2. The van der Waals surface area contributed by atoms with Crippen molar-refractivity contribution in [3.8, 4) is 0 Å². The van der Waals surface area contributed by atoms with Crippen LogP contribution in [0, 0.1) is 10.1 Å². The molecule has 1 aliphatic rings. The third-order valence-electron chi connectivity index (χ3n) is 5.19. The van der Waals surface area contributed by atoms with E-state index in [-0.39, 0.29) is 11.6 Å². The van der Waals surface area contributed by atoms with Crippen molar-refractivity contribution in [3.63, 3.8) is 0 Å². The number of carbonyl (C=O) groups is 1. The standard InChI is InChI=1S/C22H25N7O4S/c1-2-34-22-25-20(27-11-13-33-14-12-27)18-15-24-28(21(18)26-22)10-9-23-19(30)8-5-16-3-6-17(7-4-16)29(31)32/h3-8,15H,2,9-14H2,1H3,(H,23,30)/b8-5-. The molecule has 0 saturated carbocycles. The highest BCUT2D eigenvalue weighted by Crippen LogP contribution is 2.27. The zero-order chi connectivity index (χ0) is 23.9. The van der Waals surface area contributed by atoms with E-state index in [0.717, 1.165) is 35.7 Å². The number of nitro benzene ring substituents is 1. The molecule has 34 heavy (non-hydrogen) atoms. The Labute approximate surface area is 200 Å². The third kappa shape index (κ3) is 5.69. The molecule has 0 bridgehead atoms. The summed E-state index contributed by atoms with van der Waals surface area (Å²) in [7, 11) is 0. The summed E-state index contributed by atoms with van der Waals surface area (Å²) >= 11 is 1.58. The van der Waals surface area contributed by atoms with Crippen molar-refractivity contribution >= 4 is 46.3 Å². The van der Waals surface area contributed by atoms with Crippen LogP contribution in [-0.4, -0.2) is 69.2 Å². The van der Waals surface area contributed by atoms with Gasteiger partial charge in [0, 0.05) is 37.8 Å². The SMILES string of the molecule is CCSc1nc(N2CCOCC2)c2cnn(CCNC(=O)/C=C\c3ccc([N+](=O)[O-])cc3)c2n1. The molecule has 0 atom stereocenters. The zero-order valence-electron chi connectivity index (χ0n) is 18.7. The maximum absolute atomic E-state index is 12.2. The Morgan fingerprint density at radius 1 is 1.26 bits per heavy atom. The number of carbonyl (C=O) groups excluding carboxylic acids is 1. The quantitative estimate of drug-likeness (QED) is 0.160.